The molecular formula is C18H20F2N2O3S. The normalized spacial score (nSPS) is 13.5. The van der Waals surface area contributed by atoms with E-state index in [-0.39, 0.29) is 11.7 Å². The number of fused-ring (bicyclic) bond motifs is 1. The fourth-order valence-corrected chi connectivity index (χ4v) is 3.97. The topological polar surface area (TPSA) is 53.4 Å². The highest BCUT2D eigenvalue weighted by atomic mass is 32.2. The fraction of sp³-hybridized carbons (Fsp3) is 0.444. The van der Waals surface area contributed by atoms with Crippen LogP contribution in [0.15, 0.2) is 24.3 Å². The van der Waals surface area contributed by atoms with Crippen molar-refractivity contribution in [3.63, 3.8) is 0 Å². The van der Waals surface area contributed by atoms with Gasteiger partial charge in [0.15, 0.2) is 0 Å². The number of rotatable bonds is 7. The number of hydrogen-bond acceptors (Lipinski definition) is 5. The number of esters is 1. The summed E-state index contributed by atoms with van der Waals surface area (Å²) in [7, 11) is 1.38. The molecule has 2 heterocycles. The van der Waals surface area contributed by atoms with E-state index in [0.29, 0.717) is 17.1 Å². The molecule has 0 N–H and O–H groups in total. The number of thioether (sulfide) groups is 1. The van der Waals surface area contributed by atoms with Crippen molar-refractivity contribution >= 4 is 17.7 Å². The Balaban J connectivity index is 1.68. The molecule has 1 aliphatic heterocycles. The number of aryl methyl sites for hydroxylation is 1. The lowest BCUT2D eigenvalue weighted by Gasteiger charge is -2.13. The SMILES string of the molecule is COC(=O)c1c(CSCc2cccc(OC(F)F)c2)nn2c1CCCC2. The monoisotopic (exact) mass is 382 g/mol. The first-order valence-electron chi connectivity index (χ1n) is 8.37. The summed E-state index contributed by atoms with van der Waals surface area (Å²) in [6.07, 6.45) is 2.92. The Kier molecular flexibility index (Phi) is 6.13. The molecule has 26 heavy (non-hydrogen) atoms. The van der Waals surface area contributed by atoms with Crippen molar-refractivity contribution < 1.29 is 23.0 Å². The van der Waals surface area contributed by atoms with Gasteiger partial charge in [-0.25, -0.2) is 4.79 Å². The summed E-state index contributed by atoms with van der Waals surface area (Å²) < 4.78 is 35.9. The molecule has 140 valence electrons. The van der Waals surface area contributed by atoms with E-state index in [1.54, 1.807) is 23.9 Å². The largest absolute Gasteiger partial charge is 0.465 e. The van der Waals surface area contributed by atoms with Gasteiger partial charge in [0, 0.05) is 18.1 Å². The number of methoxy groups -OCH3 is 1. The van der Waals surface area contributed by atoms with E-state index in [1.807, 2.05) is 10.7 Å². The standard InChI is InChI=1S/C18H20F2N2O3S/c1-24-17(23)16-14(21-22-8-3-2-7-15(16)22)11-26-10-12-5-4-6-13(9-12)25-18(19)20/h4-6,9,18H,2-3,7-8,10-11H2,1H3. The number of aromatic nitrogens is 2. The molecular weight excluding hydrogens is 362 g/mol. The van der Waals surface area contributed by atoms with Crippen LogP contribution < -0.4 is 4.74 Å². The molecule has 0 saturated heterocycles. The van der Waals surface area contributed by atoms with Crippen LogP contribution in [0.3, 0.4) is 0 Å². The second kappa shape index (κ2) is 8.53. The van der Waals surface area contributed by atoms with Gasteiger partial charge in [0.1, 0.15) is 11.3 Å². The van der Waals surface area contributed by atoms with Gasteiger partial charge in [0.2, 0.25) is 0 Å². The van der Waals surface area contributed by atoms with Crippen molar-refractivity contribution in [1.29, 1.82) is 0 Å². The molecule has 2 aromatic rings. The molecule has 1 aromatic heterocycles. The highest BCUT2D eigenvalue weighted by Gasteiger charge is 2.25. The number of alkyl halides is 2. The minimum Gasteiger partial charge on any atom is -0.465 e. The van der Waals surface area contributed by atoms with Crippen molar-refractivity contribution in [3.8, 4) is 5.75 Å². The lowest BCUT2D eigenvalue weighted by molar-refractivity contribution is -0.0498. The molecule has 0 saturated carbocycles. The summed E-state index contributed by atoms with van der Waals surface area (Å²) in [5, 5.41) is 4.58. The summed E-state index contributed by atoms with van der Waals surface area (Å²) >= 11 is 1.57. The van der Waals surface area contributed by atoms with Crippen LogP contribution in [0.1, 0.15) is 40.2 Å². The van der Waals surface area contributed by atoms with E-state index in [9.17, 15) is 13.6 Å². The predicted octanol–water partition coefficient (Wildman–Crippen LogP) is 4.04. The maximum Gasteiger partial charge on any atom is 0.387 e. The molecule has 0 aliphatic carbocycles. The number of nitrogens with zero attached hydrogens (tertiary/aromatic N) is 2. The minimum absolute atomic E-state index is 0.144. The van der Waals surface area contributed by atoms with E-state index in [4.69, 9.17) is 4.74 Å². The summed E-state index contributed by atoms with van der Waals surface area (Å²) in [5.74, 6) is 0.940. The third-order valence-corrected chi connectivity index (χ3v) is 5.20. The fourth-order valence-electron chi connectivity index (χ4n) is 3.06. The Labute approximate surface area is 154 Å². The average Bonchev–Trinajstić information content (AvgIpc) is 2.99. The van der Waals surface area contributed by atoms with E-state index in [1.165, 1.54) is 13.2 Å². The Hall–Kier alpha value is -2.09. The zero-order valence-electron chi connectivity index (χ0n) is 14.4. The Morgan fingerprint density at radius 2 is 2.19 bits per heavy atom. The molecule has 1 aliphatic rings. The van der Waals surface area contributed by atoms with Gasteiger partial charge in [-0.1, -0.05) is 12.1 Å². The molecule has 0 spiro atoms. The van der Waals surface area contributed by atoms with Crippen molar-refractivity contribution in [2.24, 2.45) is 0 Å². The van der Waals surface area contributed by atoms with E-state index in [2.05, 4.69) is 9.84 Å². The van der Waals surface area contributed by atoms with Crippen LogP contribution in [0.25, 0.3) is 0 Å². The second-order valence-electron chi connectivity index (χ2n) is 5.96. The quantitative estimate of drug-likeness (QED) is 0.677. The van der Waals surface area contributed by atoms with Crippen LogP contribution in [-0.4, -0.2) is 29.5 Å². The highest BCUT2D eigenvalue weighted by Crippen LogP contribution is 2.27. The average molecular weight is 382 g/mol. The van der Waals surface area contributed by atoms with Gasteiger partial charge in [-0.05, 0) is 37.0 Å². The van der Waals surface area contributed by atoms with E-state index < -0.39 is 6.61 Å². The van der Waals surface area contributed by atoms with E-state index in [0.717, 1.165) is 42.8 Å². The molecule has 0 fully saturated rings. The molecule has 8 heteroatoms. The second-order valence-corrected chi connectivity index (χ2v) is 6.94. The summed E-state index contributed by atoms with van der Waals surface area (Å²) in [4.78, 5) is 12.2. The number of carbonyl (C=O) groups excluding carboxylic acids is 1. The molecule has 0 amide bonds. The Bertz CT molecular complexity index is 780. The van der Waals surface area contributed by atoms with Crippen molar-refractivity contribution in [2.75, 3.05) is 7.11 Å². The smallest absolute Gasteiger partial charge is 0.387 e. The maximum atomic E-state index is 12.3. The van der Waals surface area contributed by atoms with Crippen LogP contribution >= 0.6 is 11.8 Å². The van der Waals surface area contributed by atoms with Crippen LogP contribution in [-0.2, 0) is 29.2 Å². The molecule has 5 nitrogen and oxygen atoms in total. The summed E-state index contributed by atoms with van der Waals surface area (Å²) in [5.41, 5.74) is 3.12. The Morgan fingerprint density at radius 3 is 2.96 bits per heavy atom. The number of halogens is 2. The zero-order chi connectivity index (χ0) is 18.5. The summed E-state index contributed by atoms with van der Waals surface area (Å²) in [6, 6.07) is 6.63. The van der Waals surface area contributed by atoms with Gasteiger partial charge < -0.3 is 9.47 Å². The number of carbonyl (C=O) groups is 1. The lowest BCUT2D eigenvalue weighted by atomic mass is 10.1. The third kappa shape index (κ3) is 4.35. The van der Waals surface area contributed by atoms with Crippen LogP contribution in [0.4, 0.5) is 8.78 Å². The van der Waals surface area contributed by atoms with Gasteiger partial charge in [-0.3, -0.25) is 4.68 Å². The molecule has 0 bridgehead atoms. The summed E-state index contributed by atoms with van der Waals surface area (Å²) in [6.45, 7) is -2.02. The highest BCUT2D eigenvalue weighted by molar-refractivity contribution is 7.97. The number of hydrogen-bond donors (Lipinski definition) is 0. The van der Waals surface area contributed by atoms with Gasteiger partial charge >= 0.3 is 12.6 Å². The molecule has 0 unspecified atom stereocenters. The number of ether oxygens (including phenoxy) is 2. The van der Waals surface area contributed by atoms with Gasteiger partial charge in [0.25, 0.3) is 0 Å². The predicted molar refractivity (Wildman–Crippen MR) is 94.6 cm³/mol. The number of benzene rings is 1. The van der Waals surface area contributed by atoms with Gasteiger partial charge in [0.05, 0.1) is 18.5 Å². The maximum absolute atomic E-state index is 12.3. The molecule has 0 atom stereocenters. The third-order valence-electron chi connectivity index (χ3n) is 4.18. The van der Waals surface area contributed by atoms with Gasteiger partial charge in [-0.15, -0.1) is 0 Å². The first-order chi connectivity index (χ1) is 12.6. The first-order valence-corrected chi connectivity index (χ1v) is 9.52. The Morgan fingerprint density at radius 1 is 1.35 bits per heavy atom. The zero-order valence-corrected chi connectivity index (χ0v) is 15.2. The van der Waals surface area contributed by atoms with Crippen molar-refractivity contribution in [1.82, 2.24) is 9.78 Å². The van der Waals surface area contributed by atoms with Gasteiger partial charge in [-0.2, -0.15) is 25.6 Å². The van der Waals surface area contributed by atoms with E-state index >= 15 is 0 Å². The molecule has 1 aromatic carbocycles. The minimum atomic E-state index is -2.84. The van der Waals surface area contributed by atoms with Crippen LogP contribution in [0, 0.1) is 0 Å². The van der Waals surface area contributed by atoms with Crippen LogP contribution in [0.5, 0.6) is 5.75 Å². The van der Waals surface area contributed by atoms with Crippen molar-refractivity contribution in [2.45, 2.75) is 43.9 Å². The van der Waals surface area contributed by atoms with Crippen LogP contribution in [0.2, 0.25) is 0 Å². The van der Waals surface area contributed by atoms with Crippen molar-refractivity contribution in [3.05, 3.63) is 46.8 Å². The lowest BCUT2D eigenvalue weighted by Crippen LogP contribution is -2.14. The first kappa shape index (κ1) is 18.7. The molecule has 0 radical (unpaired) electrons. The molecule has 3 rings (SSSR count).